The minimum absolute atomic E-state index is 0.0431. The Kier molecular flexibility index (Phi) is 11.9. The molecule has 1 aliphatic rings. The van der Waals surface area contributed by atoms with Crippen molar-refractivity contribution < 1.29 is 37.1 Å². The minimum Gasteiger partial charge on any atom is -0.446 e. The lowest BCUT2D eigenvalue weighted by Crippen LogP contribution is -2.57. The number of amides is 4. The summed E-state index contributed by atoms with van der Waals surface area (Å²) in [5.41, 5.74) is 0.454. The van der Waals surface area contributed by atoms with E-state index in [2.05, 4.69) is 26.3 Å². The lowest BCUT2D eigenvalue weighted by atomic mass is 10.0. The molecule has 0 fully saturated rings. The van der Waals surface area contributed by atoms with Gasteiger partial charge in [-0.3, -0.25) is 19.2 Å². The van der Waals surface area contributed by atoms with Gasteiger partial charge in [-0.2, -0.15) is 0 Å². The number of nitrogens with one attached hydrogen (secondary N) is 4. The van der Waals surface area contributed by atoms with Crippen LogP contribution in [0.1, 0.15) is 84.8 Å². The largest absolute Gasteiger partial charge is 0.446 e. The van der Waals surface area contributed by atoms with Crippen molar-refractivity contribution in [2.24, 2.45) is 5.92 Å². The molecule has 2 heterocycles. The first kappa shape index (κ1) is 35.3. The molecule has 13 nitrogen and oxygen atoms in total. The third-order valence-electron chi connectivity index (χ3n) is 7.63. The highest BCUT2D eigenvalue weighted by atomic mass is 32.2. The predicted molar refractivity (Wildman–Crippen MR) is 172 cm³/mol. The Morgan fingerprint density at radius 1 is 1.00 bits per heavy atom. The van der Waals surface area contributed by atoms with Gasteiger partial charge in [0.25, 0.3) is 11.8 Å². The average molecular weight is 668 g/mol. The van der Waals surface area contributed by atoms with Crippen molar-refractivity contribution in [1.82, 2.24) is 26.3 Å². The van der Waals surface area contributed by atoms with E-state index in [1.807, 2.05) is 13.8 Å². The van der Waals surface area contributed by atoms with E-state index in [0.717, 1.165) is 0 Å². The summed E-state index contributed by atoms with van der Waals surface area (Å²) in [6.07, 6.45) is 1.14. The van der Waals surface area contributed by atoms with Gasteiger partial charge in [0.05, 0.1) is 22.3 Å². The van der Waals surface area contributed by atoms with Crippen LogP contribution in [-0.2, 0) is 25.2 Å². The topological polar surface area (TPSA) is 197 Å². The number of carbonyl (C=O) groups excluding carboxylic acids is 4. The van der Waals surface area contributed by atoms with Crippen molar-refractivity contribution in [1.29, 1.82) is 0 Å². The first-order chi connectivity index (χ1) is 22.4. The second-order valence-electron chi connectivity index (χ2n) is 12.0. The number of aromatic nitrogens is 1. The summed E-state index contributed by atoms with van der Waals surface area (Å²) in [5, 5.41) is 21.2. The Labute approximate surface area is 273 Å². The molecule has 2 aromatic carbocycles. The summed E-state index contributed by atoms with van der Waals surface area (Å²) in [6.45, 7) is 5.43. The Morgan fingerprint density at radius 2 is 1.70 bits per heavy atom. The molecular formula is C33H41N5O8S. The summed E-state index contributed by atoms with van der Waals surface area (Å²) in [6, 6.07) is 10.9. The first-order valence-corrected chi connectivity index (χ1v) is 17.2. The van der Waals surface area contributed by atoms with Gasteiger partial charge in [0.1, 0.15) is 24.4 Å². The molecule has 3 aromatic rings. The lowest BCUT2D eigenvalue weighted by Gasteiger charge is -2.27. The molecule has 4 atom stereocenters. The molecule has 0 saturated carbocycles. The molecule has 0 saturated heterocycles. The minimum atomic E-state index is -3.95. The highest BCUT2D eigenvalue weighted by Gasteiger charge is 2.33. The predicted octanol–water partition coefficient (Wildman–Crippen LogP) is 2.43. The summed E-state index contributed by atoms with van der Waals surface area (Å²) in [5.74, 6) is -2.89. The van der Waals surface area contributed by atoms with E-state index in [0.29, 0.717) is 24.8 Å². The number of oxazole rings is 1. The van der Waals surface area contributed by atoms with Gasteiger partial charge >= 0.3 is 0 Å². The van der Waals surface area contributed by atoms with E-state index < -0.39 is 57.7 Å². The zero-order valence-corrected chi connectivity index (χ0v) is 27.4. The van der Waals surface area contributed by atoms with Gasteiger partial charge in [-0.1, -0.05) is 56.3 Å². The molecular weight excluding hydrogens is 626 g/mol. The average Bonchev–Trinajstić information content (AvgIpc) is 3.52. The van der Waals surface area contributed by atoms with Crippen LogP contribution in [0.5, 0.6) is 0 Å². The van der Waals surface area contributed by atoms with E-state index >= 15 is 0 Å². The van der Waals surface area contributed by atoms with Crippen molar-refractivity contribution in [3.05, 3.63) is 83.6 Å². The number of aliphatic hydroxyl groups excluding tert-OH is 1. The van der Waals surface area contributed by atoms with Crippen molar-refractivity contribution in [2.45, 2.75) is 81.3 Å². The van der Waals surface area contributed by atoms with Gasteiger partial charge in [0.2, 0.25) is 17.7 Å². The molecule has 14 heteroatoms. The van der Waals surface area contributed by atoms with Crippen molar-refractivity contribution >= 4 is 33.5 Å². The highest BCUT2D eigenvalue weighted by molar-refractivity contribution is 7.90. The highest BCUT2D eigenvalue weighted by Crippen LogP contribution is 2.23. The summed E-state index contributed by atoms with van der Waals surface area (Å²) < 4.78 is 32.3. The third kappa shape index (κ3) is 9.48. The van der Waals surface area contributed by atoms with Crippen LogP contribution in [0, 0.1) is 5.92 Å². The van der Waals surface area contributed by atoms with E-state index in [-0.39, 0.29) is 46.7 Å². The number of nitrogens with zero attached hydrogens (tertiary/aromatic N) is 1. The molecule has 0 spiro atoms. The molecule has 0 unspecified atom stereocenters. The standard InChI is InChI=1S/C33H41N5O8S/c1-20(2)17-25-33-37-26(18-46-33)30(41)34-16-10-9-14-24(31(42)38-28(21(3)39)32(43)36-25)35-29(40)23-13-7-8-15-27(23)47(44,45)19-22-11-5-4-6-12-22/h4-8,11-13,15,18,20-21,24-25,28,39H,9-10,14,16-17,19H2,1-3H3,(H,34,41)(H,35,40)(H,36,43)(H,38,42)/t21-,24+,25+,28+/m1/s1. The van der Waals surface area contributed by atoms with Gasteiger partial charge in [-0.25, -0.2) is 13.4 Å². The quantitative estimate of drug-likeness (QED) is 0.240. The van der Waals surface area contributed by atoms with Crippen LogP contribution in [0.3, 0.4) is 0 Å². The number of rotatable bonds is 8. The van der Waals surface area contributed by atoms with E-state index in [1.54, 1.807) is 30.3 Å². The molecule has 1 aromatic heterocycles. The number of carbonyl (C=O) groups is 4. The summed E-state index contributed by atoms with van der Waals surface area (Å²) in [4.78, 5) is 57.4. The Balaban J connectivity index is 1.60. The van der Waals surface area contributed by atoms with Crippen LogP contribution in [0.2, 0.25) is 0 Å². The molecule has 47 heavy (non-hydrogen) atoms. The molecule has 4 rings (SSSR count). The smallest absolute Gasteiger partial charge is 0.273 e. The number of hydrogen-bond acceptors (Lipinski definition) is 9. The second-order valence-corrected chi connectivity index (χ2v) is 14.0. The van der Waals surface area contributed by atoms with Crippen LogP contribution in [-0.4, -0.2) is 66.9 Å². The van der Waals surface area contributed by atoms with Crippen molar-refractivity contribution in [3.8, 4) is 0 Å². The number of hydrogen-bond donors (Lipinski definition) is 5. The number of aliphatic hydroxyl groups is 1. The monoisotopic (exact) mass is 667 g/mol. The van der Waals surface area contributed by atoms with Crippen molar-refractivity contribution in [2.75, 3.05) is 6.54 Å². The van der Waals surface area contributed by atoms with Gasteiger partial charge in [-0.05, 0) is 56.2 Å². The van der Waals surface area contributed by atoms with Crippen LogP contribution >= 0.6 is 0 Å². The van der Waals surface area contributed by atoms with Crippen LogP contribution < -0.4 is 21.3 Å². The van der Waals surface area contributed by atoms with Crippen LogP contribution in [0.15, 0.2) is 70.2 Å². The fourth-order valence-electron chi connectivity index (χ4n) is 5.23. The molecule has 2 bridgehead atoms. The second kappa shape index (κ2) is 15.8. The van der Waals surface area contributed by atoms with Gasteiger partial charge in [0.15, 0.2) is 15.5 Å². The SMILES string of the molecule is CC(C)C[C@@H]1NC(=O)[C@H]([C@@H](C)O)NC(=O)[C@@H](NC(=O)c2ccccc2S(=O)(=O)Cc2ccccc2)CCCCNC(=O)c2coc1n2. The number of benzene rings is 2. The molecule has 252 valence electrons. The number of fused-ring (bicyclic) bond motifs is 2. The maximum atomic E-state index is 13.6. The molecule has 0 radical (unpaired) electrons. The summed E-state index contributed by atoms with van der Waals surface area (Å²) in [7, 11) is -3.95. The Bertz CT molecular complexity index is 1670. The maximum absolute atomic E-state index is 13.6. The zero-order valence-electron chi connectivity index (χ0n) is 26.6. The molecule has 5 N–H and O–H groups in total. The van der Waals surface area contributed by atoms with E-state index in [9.17, 15) is 32.7 Å². The van der Waals surface area contributed by atoms with Crippen LogP contribution in [0.4, 0.5) is 0 Å². The summed E-state index contributed by atoms with van der Waals surface area (Å²) >= 11 is 0. The van der Waals surface area contributed by atoms with E-state index in [1.165, 1.54) is 37.5 Å². The third-order valence-corrected chi connectivity index (χ3v) is 9.37. The first-order valence-electron chi connectivity index (χ1n) is 15.5. The zero-order chi connectivity index (χ0) is 34.1. The number of sulfone groups is 1. The lowest BCUT2D eigenvalue weighted by molar-refractivity contribution is -0.133. The molecule has 1 aliphatic heterocycles. The van der Waals surface area contributed by atoms with Gasteiger partial charge < -0.3 is 30.8 Å². The molecule has 0 aliphatic carbocycles. The Morgan fingerprint density at radius 3 is 2.40 bits per heavy atom. The van der Waals surface area contributed by atoms with Gasteiger partial charge in [-0.15, -0.1) is 0 Å². The van der Waals surface area contributed by atoms with Crippen LogP contribution in [0.25, 0.3) is 0 Å². The van der Waals surface area contributed by atoms with Crippen molar-refractivity contribution in [3.63, 3.8) is 0 Å². The van der Waals surface area contributed by atoms with Gasteiger partial charge in [0, 0.05) is 6.54 Å². The van der Waals surface area contributed by atoms with E-state index in [4.69, 9.17) is 4.42 Å². The fraction of sp³-hybridized carbons (Fsp3) is 0.424. The Hall–Kier alpha value is -4.56. The molecule has 4 amide bonds. The normalized spacial score (nSPS) is 20.5. The maximum Gasteiger partial charge on any atom is 0.273 e. The fourth-order valence-corrected chi connectivity index (χ4v) is 6.80.